The Morgan fingerprint density at radius 1 is 1.10 bits per heavy atom. The number of amides is 1. The van der Waals surface area contributed by atoms with Crippen molar-refractivity contribution in [1.29, 1.82) is 0 Å². The molecule has 6 rings (SSSR count). The number of nitrogens with one attached hydrogen (secondary N) is 1. The molecule has 0 spiro atoms. The monoisotopic (exact) mass is 553 g/mol. The minimum absolute atomic E-state index is 0.0125. The maximum absolute atomic E-state index is 13.2. The van der Waals surface area contributed by atoms with Crippen LogP contribution in [0.5, 0.6) is 5.75 Å². The van der Waals surface area contributed by atoms with Crippen molar-refractivity contribution in [3.63, 3.8) is 0 Å². The Balaban J connectivity index is 1.18. The number of aromatic nitrogens is 5. The highest BCUT2D eigenvalue weighted by Crippen LogP contribution is 2.29. The molecule has 2 aromatic carbocycles. The number of para-hydroxylation sites is 1. The topological polar surface area (TPSA) is 180 Å². The van der Waals surface area contributed by atoms with E-state index in [1.54, 1.807) is 30.3 Å². The number of hydrogen-bond donors (Lipinski definition) is 2. The van der Waals surface area contributed by atoms with E-state index >= 15 is 0 Å². The summed E-state index contributed by atoms with van der Waals surface area (Å²) in [5.74, 6) is -0.612. The van der Waals surface area contributed by atoms with E-state index in [1.165, 1.54) is 28.8 Å². The quantitative estimate of drug-likeness (QED) is 0.125. The van der Waals surface area contributed by atoms with Crippen molar-refractivity contribution in [3.05, 3.63) is 95.2 Å². The predicted molar refractivity (Wildman–Crippen MR) is 145 cm³/mol. The maximum Gasteiger partial charge on any atom is 0.379 e. The van der Waals surface area contributed by atoms with Gasteiger partial charge in [0.05, 0.1) is 24.7 Å². The summed E-state index contributed by atoms with van der Waals surface area (Å²) in [6.45, 7) is 1.09. The van der Waals surface area contributed by atoms with E-state index in [0.29, 0.717) is 23.6 Å². The number of rotatable bonds is 8. The lowest BCUT2D eigenvalue weighted by molar-refractivity contribution is 0.0701. The first-order chi connectivity index (χ1) is 20.1. The SMILES string of the molecule is Nc1nonc1-n1nnc(C(=O)N/N=C/c2ccc(OC(=O)c3ccco3)cc2)c1CN1CCCc2ccccc21. The lowest BCUT2D eigenvalue weighted by Crippen LogP contribution is -2.31. The average molecular weight is 554 g/mol. The van der Waals surface area contributed by atoms with Crippen molar-refractivity contribution >= 4 is 29.6 Å². The van der Waals surface area contributed by atoms with Gasteiger partial charge in [-0.2, -0.15) is 9.78 Å². The number of ether oxygens (including phenoxy) is 1. The molecule has 3 aromatic heterocycles. The number of benzene rings is 2. The number of carbonyl (C=O) groups excluding carboxylic acids is 2. The number of furan rings is 1. The molecule has 14 heteroatoms. The molecule has 4 heterocycles. The maximum atomic E-state index is 13.2. The van der Waals surface area contributed by atoms with E-state index in [4.69, 9.17) is 19.5 Å². The lowest BCUT2D eigenvalue weighted by atomic mass is 10.0. The van der Waals surface area contributed by atoms with Gasteiger partial charge in [0.15, 0.2) is 5.69 Å². The van der Waals surface area contributed by atoms with Gasteiger partial charge in [-0.1, -0.05) is 23.4 Å². The zero-order valence-electron chi connectivity index (χ0n) is 21.5. The van der Waals surface area contributed by atoms with Crippen LogP contribution in [0.25, 0.3) is 5.82 Å². The van der Waals surface area contributed by atoms with Crippen LogP contribution in [-0.4, -0.2) is 49.9 Å². The van der Waals surface area contributed by atoms with E-state index in [2.05, 4.69) is 42.1 Å². The summed E-state index contributed by atoms with van der Waals surface area (Å²) in [7, 11) is 0. The number of carbonyl (C=O) groups is 2. The summed E-state index contributed by atoms with van der Waals surface area (Å²) in [6, 6.07) is 17.8. The van der Waals surface area contributed by atoms with E-state index in [0.717, 1.165) is 25.1 Å². The van der Waals surface area contributed by atoms with Crippen LogP contribution < -0.4 is 20.8 Å². The predicted octanol–water partition coefficient (Wildman–Crippen LogP) is 2.76. The smallest absolute Gasteiger partial charge is 0.379 e. The second kappa shape index (κ2) is 11.1. The van der Waals surface area contributed by atoms with Crippen molar-refractivity contribution in [1.82, 2.24) is 30.7 Å². The molecular formula is C27H23N9O5. The van der Waals surface area contributed by atoms with E-state index in [9.17, 15) is 9.59 Å². The van der Waals surface area contributed by atoms with Gasteiger partial charge < -0.3 is 19.8 Å². The largest absolute Gasteiger partial charge is 0.457 e. The zero-order valence-corrected chi connectivity index (χ0v) is 21.5. The van der Waals surface area contributed by atoms with Crippen LogP contribution in [0.4, 0.5) is 11.5 Å². The van der Waals surface area contributed by atoms with Crippen molar-refractivity contribution in [2.75, 3.05) is 17.2 Å². The summed E-state index contributed by atoms with van der Waals surface area (Å²) in [5, 5.41) is 19.7. The van der Waals surface area contributed by atoms with Gasteiger partial charge in [-0.3, -0.25) is 4.79 Å². The number of aryl methyl sites for hydroxylation is 1. The highest BCUT2D eigenvalue weighted by molar-refractivity contribution is 5.94. The highest BCUT2D eigenvalue weighted by atomic mass is 16.6. The number of hydrogen-bond acceptors (Lipinski definition) is 12. The van der Waals surface area contributed by atoms with Crippen molar-refractivity contribution < 1.29 is 23.4 Å². The van der Waals surface area contributed by atoms with Gasteiger partial charge in [0.25, 0.3) is 5.91 Å². The fraction of sp³-hybridized carbons (Fsp3) is 0.148. The molecule has 0 bridgehead atoms. The van der Waals surface area contributed by atoms with Gasteiger partial charge in [-0.05, 0) is 76.7 Å². The normalized spacial score (nSPS) is 12.8. The standard InChI is InChI=1S/C27H23N9O5/c28-24-25(33-41-32-24)36-21(16-35-13-3-6-18-5-1-2-7-20(18)35)23(30-34-36)26(37)31-29-15-17-9-11-19(12-10-17)40-27(38)22-8-4-14-39-22/h1-2,4-5,7-12,14-15H,3,6,13,16H2,(H2,28,32)(H,31,37)/b29-15+. The summed E-state index contributed by atoms with van der Waals surface area (Å²) in [5.41, 5.74) is 11.8. The zero-order chi connectivity index (χ0) is 28.2. The number of nitrogens with two attached hydrogens (primary N) is 1. The van der Waals surface area contributed by atoms with Gasteiger partial charge in [0.2, 0.25) is 17.4 Å². The van der Waals surface area contributed by atoms with Crippen molar-refractivity contribution in [2.45, 2.75) is 19.4 Å². The Bertz CT molecular complexity index is 1710. The van der Waals surface area contributed by atoms with Gasteiger partial charge >= 0.3 is 5.97 Å². The molecule has 206 valence electrons. The fourth-order valence-corrected chi connectivity index (χ4v) is 4.48. The molecule has 0 atom stereocenters. The molecule has 0 radical (unpaired) electrons. The van der Waals surface area contributed by atoms with Crippen LogP contribution in [0.15, 0.2) is 81.1 Å². The highest BCUT2D eigenvalue weighted by Gasteiger charge is 2.27. The van der Waals surface area contributed by atoms with E-state index in [-0.39, 0.29) is 23.1 Å². The Hall–Kier alpha value is -5.79. The van der Waals surface area contributed by atoms with Crippen molar-refractivity contribution in [2.24, 2.45) is 5.10 Å². The number of nitrogens with zero attached hydrogens (tertiary/aromatic N) is 7. The first-order valence-electron chi connectivity index (χ1n) is 12.6. The van der Waals surface area contributed by atoms with Gasteiger partial charge in [-0.25, -0.2) is 14.8 Å². The van der Waals surface area contributed by atoms with Gasteiger partial charge in [0.1, 0.15) is 5.75 Å². The fourth-order valence-electron chi connectivity index (χ4n) is 4.48. The Morgan fingerprint density at radius 3 is 2.73 bits per heavy atom. The molecule has 0 unspecified atom stereocenters. The Morgan fingerprint density at radius 2 is 1.95 bits per heavy atom. The first-order valence-corrected chi connectivity index (χ1v) is 12.6. The number of hydrazone groups is 1. The third-order valence-electron chi connectivity index (χ3n) is 6.41. The van der Waals surface area contributed by atoms with E-state index < -0.39 is 11.9 Å². The van der Waals surface area contributed by atoms with Crippen molar-refractivity contribution in [3.8, 4) is 11.6 Å². The van der Waals surface area contributed by atoms with Gasteiger partial charge in [-0.15, -0.1) is 5.10 Å². The molecule has 0 saturated carbocycles. The third kappa shape index (κ3) is 5.38. The summed E-state index contributed by atoms with van der Waals surface area (Å²) < 4.78 is 16.4. The molecule has 0 saturated heterocycles. The molecule has 3 N–H and O–H groups in total. The molecule has 14 nitrogen and oxygen atoms in total. The Labute approximate surface area is 232 Å². The summed E-state index contributed by atoms with van der Waals surface area (Å²) >= 11 is 0. The number of nitrogen functional groups attached to an aromatic ring is 1. The minimum Gasteiger partial charge on any atom is -0.457 e. The Kier molecular flexibility index (Phi) is 6.92. The molecule has 0 fully saturated rings. The molecule has 41 heavy (non-hydrogen) atoms. The molecular weight excluding hydrogens is 530 g/mol. The molecule has 1 amide bonds. The van der Waals surface area contributed by atoms with Crippen LogP contribution in [0.2, 0.25) is 0 Å². The second-order valence-electron chi connectivity index (χ2n) is 9.06. The van der Waals surface area contributed by atoms with E-state index in [1.807, 2.05) is 18.2 Å². The van der Waals surface area contributed by atoms with Crippen LogP contribution in [0.3, 0.4) is 0 Å². The van der Waals surface area contributed by atoms with Gasteiger partial charge in [0, 0.05) is 12.2 Å². The average Bonchev–Trinajstić information content (AvgIpc) is 3.76. The second-order valence-corrected chi connectivity index (χ2v) is 9.06. The minimum atomic E-state index is -0.608. The molecule has 5 aromatic rings. The van der Waals surface area contributed by atoms with Crippen LogP contribution >= 0.6 is 0 Å². The molecule has 0 aliphatic carbocycles. The van der Waals surface area contributed by atoms with Crippen LogP contribution in [-0.2, 0) is 13.0 Å². The number of esters is 1. The summed E-state index contributed by atoms with van der Waals surface area (Å²) in [6.07, 6.45) is 4.76. The number of fused-ring (bicyclic) bond motifs is 1. The number of anilines is 2. The molecule has 1 aliphatic rings. The van der Waals surface area contributed by atoms with Crippen LogP contribution in [0, 0.1) is 0 Å². The van der Waals surface area contributed by atoms with Crippen LogP contribution in [0.1, 0.15) is 44.3 Å². The third-order valence-corrected chi connectivity index (χ3v) is 6.41. The molecule has 1 aliphatic heterocycles. The first kappa shape index (κ1) is 25.5. The lowest BCUT2D eigenvalue weighted by Gasteiger charge is -2.31. The summed E-state index contributed by atoms with van der Waals surface area (Å²) in [4.78, 5) is 27.4.